The number of benzene rings is 1. The van der Waals surface area contributed by atoms with E-state index in [1.165, 1.54) is 107 Å². The van der Waals surface area contributed by atoms with Crippen LogP contribution in [0.2, 0.25) is 0 Å². The molecule has 0 aliphatic carbocycles. The molecule has 0 amide bonds. The van der Waals surface area contributed by atoms with Crippen molar-refractivity contribution in [2.45, 2.75) is 39.2 Å². The fourth-order valence-electron chi connectivity index (χ4n) is 7.86. The van der Waals surface area contributed by atoms with Crippen molar-refractivity contribution < 1.29 is 0 Å². The van der Waals surface area contributed by atoms with Gasteiger partial charge in [0.2, 0.25) is 0 Å². The third kappa shape index (κ3) is 10.7. The fourth-order valence-corrected chi connectivity index (χ4v) is 39.1. The first-order valence-corrected chi connectivity index (χ1v) is 44.2. The Balaban J connectivity index is 0.909. The van der Waals surface area contributed by atoms with Crippen LogP contribution in [0.5, 0.6) is 0 Å². The van der Waals surface area contributed by atoms with E-state index in [1.54, 1.807) is 0 Å². The Labute approximate surface area is 533 Å². The molecule has 13 rings (SSSR count). The van der Waals surface area contributed by atoms with Gasteiger partial charge in [-0.25, -0.2) is 0 Å². The molecule has 0 radical (unpaired) electrons. The molecule has 8 aliphatic heterocycles. The van der Waals surface area contributed by atoms with E-state index in [1.807, 2.05) is 282 Å². The Morgan fingerprint density at radius 2 is 0.351 bits per heavy atom. The lowest BCUT2D eigenvalue weighted by atomic mass is 10.1. The molecule has 0 fully saturated rings. The Hall–Kier alpha value is 2.66. The third-order valence-electron chi connectivity index (χ3n) is 11.1. The second-order valence-electron chi connectivity index (χ2n) is 15.3. The van der Waals surface area contributed by atoms with Crippen LogP contribution in [0.15, 0.2) is 169 Å². The second kappa shape index (κ2) is 24.0. The van der Waals surface area contributed by atoms with E-state index in [4.69, 9.17) is 0 Å². The molecule has 0 atom stereocenters. The minimum atomic E-state index is 1.15. The van der Waals surface area contributed by atoms with Crippen molar-refractivity contribution >= 4 is 282 Å². The summed E-state index contributed by atoms with van der Waals surface area (Å²) in [5.41, 5.74) is 4.61. The van der Waals surface area contributed by atoms with Gasteiger partial charge in [-0.05, 0) is 62.2 Å². The quantitative estimate of drug-likeness (QED) is 0.118. The largest absolute Gasteiger partial charge is 0.320 e. The molecule has 0 N–H and O–H groups in total. The maximum atomic E-state index is 2.46. The molecule has 0 bridgehead atoms. The molecular formula is C46H34N4S24. The van der Waals surface area contributed by atoms with Gasteiger partial charge < -0.3 is 18.3 Å². The molecule has 0 saturated carbocycles. The fraction of sp³-hybridized carbons (Fsp3) is 0.174. The zero-order valence-electron chi connectivity index (χ0n) is 39.4. The first kappa shape index (κ1) is 55.8. The minimum absolute atomic E-state index is 1.15. The summed E-state index contributed by atoms with van der Waals surface area (Å²) in [6.45, 7) is 0. The van der Waals surface area contributed by atoms with Crippen molar-refractivity contribution in [1.29, 1.82) is 0 Å². The molecule has 4 aromatic heterocycles. The molecule has 74 heavy (non-hydrogen) atoms. The lowest BCUT2D eigenvalue weighted by molar-refractivity contribution is 0.946. The highest BCUT2D eigenvalue weighted by atomic mass is 32.3. The van der Waals surface area contributed by atoms with Crippen LogP contribution in [-0.2, 0) is 0 Å². The van der Waals surface area contributed by atoms with Gasteiger partial charge in [0, 0.05) is 88.7 Å². The molecule has 5 aromatic rings. The van der Waals surface area contributed by atoms with Gasteiger partial charge in [0.25, 0.3) is 0 Å². The third-order valence-corrected chi connectivity index (χ3v) is 44.1. The van der Waals surface area contributed by atoms with E-state index in [0.717, 1.165) is 22.7 Å². The average Bonchev–Trinajstić information content (AvgIpc) is 4.24. The topological polar surface area (TPSA) is 19.7 Å². The van der Waals surface area contributed by atoms with Crippen LogP contribution in [0, 0.1) is 0 Å². The van der Waals surface area contributed by atoms with E-state index in [0.29, 0.717) is 0 Å². The van der Waals surface area contributed by atoms with Crippen LogP contribution in [0.4, 0.5) is 0 Å². The molecule has 8 aliphatic rings. The normalized spacial score (nSPS) is 19.6. The van der Waals surface area contributed by atoms with Crippen molar-refractivity contribution in [1.82, 2.24) is 18.3 Å². The summed E-state index contributed by atoms with van der Waals surface area (Å²) in [6, 6.07) is 4.91. The predicted molar refractivity (Wildman–Crippen MR) is 376 cm³/mol. The van der Waals surface area contributed by atoms with E-state index < -0.39 is 0 Å². The van der Waals surface area contributed by atoms with Crippen molar-refractivity contribution in [2.75, 3.05) is 50.0 Å². The van der Waals surface area contributed by atoms with Gasteiger partial charge in [-0.1, -0.05) is 188 Å². The van der Waals surface area contributed by atoms with Crippen molar-refractivity contribution in [3.05, 3.63) is 130 Å². The summed E-state index contributed by atoms with van der Waals surface area (Å²) < 4.78 is 32.1. The lowest BCUT2D eigenvalue weighted by Crippen LogP contribution is -2.07. The van der Waals surface area contributed by atoms with Gasteiger partial charge in [0.1, 0.15) is 0 Å². The van der Waals surface area contributed by atoms with Crippen LogP contribution in [0.3, 0.4) is 0 Å². The number of rotatable bonds is 12. The molecule has 382 valence electrons. The molecule has 28 heteroatoms. The predicted octanol–water partition coefficient (Wildman–Crippen LogP) is 23.5. The Kier molecular flexibility index (Phi) is 18.1. The standard InChI is InChI=1S/C46H34N4S24/c1-51-31-32(52-2)68-43(67-31)39-59-23-11-47(12-24(23)60-39)19-9-21(49-15-27-28(16-49)64-41(63-27)45-71-35(55-5)36(56-6)72-45)22(50-17-29-30(18-50)66-42(65-29)46-73-37(57-7)38(58-8)74-46)10-20(19)48-13-25-26(14-48)62-40(61-25)44-69-33(53-3)34(54-4)70-44/h9-18H,1-8H3. The van der Waals surface area contributed by atoms with Crippen LogP contribution in [0.1, 0.15) is 0 Å². The average molecular weight is 1410 g/mol. The molecule has 4 nitrogen and oxygen atoms in total. The van der Waals surface area contributed by atoms with Crippen LogP contribution < -0.4 is 0 Å². The summed E-state index contributed by atoms with van der Waals surface area (Å²) in [7, 11) is 0. The monoisotopic (exact) mass is 1410 g/mol. The molecular weight excluding hydrogens is 1380 g/mol. The number of nitrogens with zero attached hydrogens (tertiary/aromatic N) is 4. The minimum Gasteiger partial charge on any atom is -0.320 e. The number of thioether (sulfide) groups is 24. The molecule has 0 saturated heterocycles. The van der Waals surface area contributed by atoms with E-state index >= 15 is 0 Å². The zero-order valence-corrected chi connectivity index (χ0v) is 59.0. The molecule has 12 heterocycles. The summed E-state index contributed by atoms with van der Waals surface area (Å²) in [5.74, 6) is 0. The molecule has 0 unspecified atom stereocenters. The van der Waals surface area contributed by atoms with Gasteiger partial charge >= 0.3 is 0 Å². The van der Waals surface area contributed by atoms with E-state index in [2.05, 4.69) is 130 Å². The maximum Gasteiger partial charge on any atom is 0.0717 e. The summed E-state index contributed by atoms with van der Waals surface area (Å²) in [4.78, 5) is 10.5. The van der Waals surface area contributed by atoms with Crippen molar-refractivity contribution in [3.63, 3.8) is 0 Å². The van der Waals surface area contributed by atoms with Gasteiger partial charge in [-0.15, -0.1) is 94.1 Å². The van der Waals surface area contributed by atoms with Crippen LogP contribution in [0.25, 0.3) is 22.7 Å². The second-order valence-corrected chi connectivity index (χ2v) is 42.5. The van der Waals surface area contributed by atoms with Crippen LogP contribution in [-0.4, -0.2) is 68.3 Å². The van der Waals surface area contributed by atoms with Gasteiger partial charge in [-0.3, -0.25) is 0 Å². The van der Waals surface area contributed by atoms with E-state index in [9.17, 15) is 0 Å². The lowest BCUT2D eigenvalue weighted by Gasteiger charge is -2.20. The van der Waals surface area contributed by atoms with Gasteiger partial charge in [0.15, 0.2) is 0 Å². The molecule has 0 spiro atoms. The van der Waals surface area contributed by atoms with Crippen molar-refractivity contribution in [2.24, 2.45) is 0 Å². The molecule has 1 aromatic carbocycles. The Morgan fingerprint density at radius 3 is 0.486 bits per heavy atom. The Bertz CT molecular complexity index is 2890. The first-order chi connectivity index (χ1) is 36.2. The highest BCUT2D eigenvalue weighted by Gasteiger charge is 2.35. The number of hydrogen-bond donors (Lipinski definition) is 0. The number of hydrogen-bond acceptors (Lipinski definition) is 24. The zero-order chi connectivity index (χ0) is 50.5. The summed E-state index contributed by atoms with van der Waals surface area (Å²) >= 11 is 45.9. The highest BCUT2D eigenvalue weighted by molar-refractivity contribution is 8.44. The SMILES string of the molecule is CSC1=C(SC)SC(=C2Sc3cn(-c4cc(-n5cc6c(c5)SC(=C5SC(SC)=C(SC)S5)S6)c(-n5cc6c(c5)SC(=C5SC(SC)=C(SC)S5)S6)cc4-n4cc5c(c4)SC(=C4SC(SC)=C(SC)S4)S5)cc3S2)S1. The number of aromatic nitrogens is 4. The van der Waals surface area contributed by atoms with Crippen LogP contribution >= 0.6 is 282 Å². The smallest absolute Gasteiger partial charge is 0.0717 e. The summed E-state index contributed by atoms with van der Waals surface area (Å²) in [6.07, 6.45) is 36.6. The van der Waals surface area contributed by atoms with Crippen molar-refractivity contribution in [3.8, 4) is 22.7 Å². The maximum absolute atomic E-state index is 2.46. The Morgan fingerprint density at radius 1 is 0.216 bits per heavy atom. The highest BCUT2D eigenvalue weighted by Crippen LogP contribution is 2.68. The number of fused-ring (bicyclic) bond motifs is 4. The van der Waals surface area contributed by atoms with Gasteiger partial charge in [0.05, 0.1) is 90.5 Å². The van der Waals surface area contributed by atoms with E-state index in [-0.39, 0.29) is 0 Å². The first-order valence-electron chi connectivity index (χ1n) is 21.4. The van der Waals surface area contributed by atoms with Gasteiger partial charge in [-0.2, -0.15) is 0 Å². The summed E-state index contributed by atoms with van der Waals surface area (Å²) in [5, 5.41) is 0.